The van der Waals surface area contributed by atoms with Crippen LogP contribution in [-0.4, -0.2) is 21.5 Å². The number of ether oxygens (including phenoxy) is 1. The van der Waals surface area contributed by atoms with Crippen molar-refractivity contribution in [3.63, 3.8) is 0 Å². The van der Waals surface area contributed by atoms with E-state index < -0.39 is 20.7 Å². The first kappa shape index (κ1) is 16.2. The number of sulfone groups is 1. The van der Waals surface area contributed by atoms with Crippen molar-refractivity contribution >= 4 is 44.2 Å². The van der Waals surface area contributed by atoms with Crippen LogP contribution in [0, 0.1) is 11.3 Å². The molecule has 0 aliphatic carbocycles. The van der Waals surface area contributed by atoms with Crippen LogP contribution in [0.3, 0.4) is 0 Å². The van der Waals surface area contributed by atoms with Gasteiger partial charge in [-0.25, -0.2) is 13.2 Å². The quantitative estimate of drug-likeness (QED) is 0.655. The van der Waals surface area contributed by atoms with Gasteiger partial charge in [-0.15, -0.1) is 22.7 Å². The number of hydrogen-bond acceptors (Lipinski definition) is 8. The van der Waals surface area contributed by atoms with Crippen LogP contribution < -0.4 is 5.32 Å². The average Bonchev–Trinajstić information content (AvgIpc) is 3.18. The SMILES string of the molecule is COC(=O)c1sccc1N/C=C(\C#N)S(=O)(=O)c1cccs1. The number of methoxy groups -OCH3 is 1. The first-order valence-corrected chi connectivity index (χ1v) is 9.06. The standard InChI is InChI=1S/C13H10N2O4S3/c1-19-13(16)12-10(4-6-21-12)15-8-9(7-14)22(17,18)11-3-2-5-20-11/h2-6,8,15H,1H3/b9-8+. The largest absolute Gasteiger partial charge is 0.465 e. The molecule has 2 aromatic heterocycles. The normalized spacial score (nSPS) is 11.7. The fourth-order valence-electron chi connectivity index (χ4n) is 1.51. The molecule has 0 unspecified atom stereocenters. The van der Waals surface area contributed by atoms with Crippen molar-refractivity contribution in [1.29, 1.82) is 5.26 Å². The summed E-state index contributed by atoms with van der Waals surface area (Å²) in [6.45, 7) is 0. The van der Waals surface area contributed by atoms with E-state index in [2.05, 4.69) is 10.1 Å². The molecular formula is C13H10N2O4S3. The molecule has 0 spiro atoms. The number of carbonyl (C=O) groups is 1. The number of nitriles is 1. The number of esters is 1. The number of thiophene rings is 2. The summed E-state index contributed by atoms with van der Waals surface area (Å²) in [5.41, 5.74) is 0.381. The van der Waals surface area contributed by atoms with Crippen LogP contribution in [0.1, 0.15) is 9.67 Å². The zero-order valence-corrected chi connectivity index (χ0v) is 13.7. The molecule has 2 aromatic rings. The molecule has 6 nitrogen and oxygen atoms in total. The Morgan fingerprint density at radius 2 is 2.14 bits per heavy atom. The van der Waals surface area contributed by atoms with Crippen molar-refractivity contribution in [2.45, 2.75) is 4.21 Å². The second-order valence-electron chi connectivity index (χ2n) is 3.86. The molecular weight excluding hydrogens is 344 g/mol. The number of rotatable bonds is 5. The number of anilines is 1. The Hall–Kier alpha value is -2.15. The molecule has 0 fully saturated rings. The van der Waals surface area contributed by atoms with Crippen LogP contribution in [0.5, 0.6) is 0 Å². The van der Waals surface area contributed by atoms with Gasteiger partial charge in [0.15, 0.2) is 4.91 Å². The maximum Gasteiger partial charge on any atom is 0.350 e. The van der Waals surface area contributed by atoms with Gasteiger partial charge in [0.2, 0.25) is 9.84 Å². The minimum atomic E-state index is -3.86. The molecule has 0 aliphatic heterocycles. The summed E-state index contributed by atoms with van der Waals surface area (Å²) in [6, 6.07) is 6.28. The molecule has 0 radical (unpaired) electrons. The van der Waals surface area contributed by atoms with Crippen molar-refractivity contribution < 1.29 is 17.9 Å². The molecule has 22 heavy (non-hydrogen) atoms. The Morgan fingerprint density at radius 1 is 1.36 bits per heavy atom. The van der Waals surface area contributed by atoms with Gasteiger partial charge in [-0.3, -0.25) is 0 Å². The number of carbonyl (C=O) groups excluding carboxylic acids is 1. The molecule has 2 heterocycles. The summed E-state index contributed by atoms with van der Waals surface area (Å²) in [5, 5.41) is 15.0. The van der Waals surface area contributed by atoms with Crippen LogP contribution in [0.25, 0.3) is 0 Å². The van der Waals surface area contributed by atoms with E-state index in [1.165, 1.54) is 13.2 Å². The second kappa shape index (κ2) is 6.74. The van der Waals surface area contributed by atoms with Crippen LogP contribution in [0.2, 0.25) is 0 Å². The first-order valence-electron chi connectivity index (χ1n) is 5.82. The Kier molecular flexibility index (Phi) is 4.97. The first-order chi connectivity index (χ1) is 10.5. The number of nitrogens with one attached hydrogen (secondary N) is 1. The highest BCUT2D eigenvalue weighted by atomic mass is 32.2. The Morgan fingerprint density at radius 3 is 2.73 bits per heavy atom. The van der Waals surface area contributed by atoms with Gasteiger partial charge in [0.25, 0.3) is 0 Å². The average molecular weight is 354 g/mol. The van der Waals surface area contributed by atoms with Gasteiger partial charge in [-0.05, 0) is 22.9 Å². The van der Waals surface area contributed by atoms with Crippen molar-refractivity contribution in [2.75, 3.05) is 12.4 Å². The van der Waals surface area contributed by atoms with Crippen LogP contribution in [0.15, 0.2) is 44.3 Å². The lowest BCUT2D eigenvalue weighted by Crippen LogP contribution is -2.05. The van der Waals surface area contributed by atoms with E-state index in [4.69, 9.17) is 5.26 Å². The van der Waals surface area contributed by atoms with E-state index in [9.17, 15) is 13.2 Å². The van der Waals surface area contributed by atoms with Crippen LogP contribution in [0.4, 0.5) is 5.69 Å². The Labute approximate surface area is 135 Å². The molecule has 0 aromatic carbocycles. The predicted molar refractivity (Wildman–Crippen MR) is 84.5 cm³/mol. The van der Waals surface area contributed by atoms with Crippen molar-refractivity contribution in [2.24, 2.45) is 0 Å². The third-order valence-corrected chi connectivity index (χ3v) is 6.51. The van der Waals surface area contributed by atoms with E-state index in [0.717, 1.165) is 28.9 Å². The summed E-state index contributed by atoms with van der Waals surface area (Å²) in [5.74, 6) is -0.537. The predicted octanol–water partition coefficient (Wildman–Crippen LogP) is 2.85. The fourth-order valence-corrected chi connectivity index (χ4v) is 4.49. The molecule has 114 valence electrons. The molecule has 0 saturated heterocycles. The van der Waals surface area contributed by atoms with Gasteiger partial charge in [0, 0.05) is 6.20 Å². The monoisotopic (exact) mass is 354 g/mol. The van der Waals surface area contributed by atoms with Crippen molar-refractivity contribution in [1.82, 2.24) is 0 Å². The van der Waals surface area contributed by atoms with Crippen molar-refractivity contribution in [3.05, 3.63) is 44.9 Å². The molecule has 0 atom stereocenters. The maximum atomic E-state index is 12.2. The minimum absolute atomic E-state index is 0.0839. The lowest BCUT2D eigenvalue weighted by molar-refractivity contribution is 0.0607. The third kappa shape index (κ3) is 3.19. The van der Waals surface area contributed by atoms with E-state index in [1.807, 2.05) is 0 Å². The van der Waals surface area contributed by atoms with Gasteiger partial charge in [0.05, 0.1) is 12.8 Å². The Bertz CT molecular complexity index is 842. The van der Waals surface area contributed by atoms with Crippen LogP contribution >= 0.6 is 22.7 Å². The van der Waals surface area contributed by atoms with Gasteiger partial charge < -0.3 is 10.1 Å². The molecule has 0 aliphatic rings. The maximum absolute atomic E-state index is 12.2. The van der Waals surface area contributed by atoms with E-state index in [1.54, 1.807) is 29.0 Å². The lowest BCUT2D eigenvalue weighted by Gasteiger charge is -2.03. The minimum Gasteiger partial charge on any atom is -0.465 e. The highest BCUT2D eigenvalue weighted by molar-refractivity contribution is 7.97. The number of allylic oxidation sites excluding steroid dienone is 1. The molecule has 2 rings (SSSR count). The van der Waals surface area contributed by atoms with Crippen LogP contribution in [-0.2, 0) is 14.6 Å². The zero-order chi connectivity index (χ0) is 16.2. The summed E-state index contributed by atoms with van der Waals surface area (Å²) in [6.07, 6.45) is 1.07. The molecule has 0 saturated carbocycles. The summed E-state index contributed by atoms with van der Waals surface area (Å²) in [4.78, 5) is 11.4. The van der Waals surface area contributed by atoms with E-state index in [0.29, 0.717) is 10.6 Å². The Balaban J connectivity index is 2.31. The van der Waals surface area contributed by atoms with Gasteiger partial charge in [-0.2, -0.15) is 5.26 Å². The molecule has 9 heteroatoms. The van der Waals surface area contributed by atoms with E-state index >= 15 is 0 Å². The molecule has 0 bridgehead atoms. The van der Waals surface area contributed by atoms with E-state index in [-0.39, 0.29) is 4.21 Å². The third-order valence-electron chi connectivity index (χ3n) is 2.55. The molecule has 0 amide bonds. The molecule has 1 N–H and O–H groups in total. The topological polar surface area (TPSA) is 96.3 Å². The van der Waals surface area contributed by atoms with Crippen molar-refractivity contribution in [3.8, 4) is 6.07 Å². The number of nitrogens with zero attached hydrogens (tertiary/aromatic N) is 1. The van der Waals surface area contributed by atoms with Gasteiger partial charge >= 0.3 is 5.97 Å². The van der Waals surface area contributed by atoms with Gasteiger partial charge in [0.1, 0.15) is 15.2 Å². The zero-order valence-electron chi connectivity index (χ0n) is 11.3. The summed E-state index contributed by atoms with van der Waals surface area (Å²) < 4.78 is 29.2. The van der Waals surface area contributed by atoms with Gasteiger partial charge in [-0.1, -0.05) is 6.07 Å². The lowest BCUT2D eigenvalue weighted by atomic mass is 10.4. The highest BCUT2D eigenvalue weighted by Crippen LogP contribution is 2.26. The second-order valence-corrected chi connectivity index (χ2v) is 7.86. The smallest absolute Gasteiger partial charge is 0.350 e. The summed E-state index contributed by atoms with van der Waals surface area (Å²) >= 11 is 2.18. The summed E-state index contributed by atoms with van der Waals surface area (Å²) in [7, 11) is -2.60. The fraction of sp³-hybridized carbons (Fsp3) is 0.0769. The number of hydrogen-bond donors (Lipinski definition) is 1. The highest BCUT2D eigenvalue weighted by Gasteiger charge is 2.22.